The number of nitrogens with two attached hydrogens (primary N) is 1. The molecule has 31 heavy (non-hydrogen) atoms. The van der Waals surface area contributed by atoms with Gasteiger partial charge < -0.3 is 25.8 Å². The van der Waals surface area contributed by atoms with Crippen molar-refractivity contribution in [3.05, 3.63) is 53.7 Å². The fourth-order valence-electron chi connectivity index (χ4n) is 2.87. The summed E-state index contributed by atoms with van der Waals surface area (Å²) < 4.78 is 50.0. The topological polar surface area (TPSA) is 94.3 Å². The molecule has 0 aliphatic rings. The average molecular weight is 433 g/mol. The molecule has 1 aromatic heterocycles. The molecule has 0 aliphatic heterocycles. The van der Waals surface area contributed by atoms with Crippen LogP contribution in [0.2, 0.25) is 0 Å². The van der Waals surface area contributed by atoms with Crippen LogP contribution < -0.4 is 25.8 Å². The monoisotopic (exact) mass is 433 g/mol. The van der Waals surface area contributed by atoms with E-state index in [2.05, 4.69) is 20.6 Å². The molecular weight excluding hydrogens is 411 g/mol. The van der Waals surface area contributed by atoms with Crippen LogP contribution in [0, 0.1) is 0 Å². The predicted molar refractivity (Wildman–Crippen MR) is 113 cm³/mol. The summed E-state index contributed by atoms with van der Waals surface area (Å²) in [5.74, 6) is 1.80. The van der Waals surface area contributed by atoms with Crippen LogP contribution in [0.3, 0.4) is 0 Å². The minimum absolute atomic E-state index is 0.130. The molecule has 0 saturated carbocycles. The number of aryl methyl sites for hydroxylation is 1. The molecule has 2 aromatic carbocycles. The second kappa shape index (κ2) is 8.99. The Labute approximate surface area is 177 Å². The van der Waals surface area contributed by atoms with Gasteiger partial charge in [-0.15, -0.1) is 0 Å². The SMILES string of the molecule is CCc1cnc(Nc2ccc(N)c(C(F)(F)F)c2)nc1Nc1ccc(OC)cc1OC. The predicted octanol–water partition coefficient (Wildman–Crippen LogP) is 5.14. The zero-order valence-corrected chi connectivity index (χ0v) is 17.2. The number of alkyl halides is 3. The van der Waals surface area contributed by atoms with Gasteiger partial charge in [-0.05, 0) is 36.8 Å². The number of halogens is 3. The lowest BCUT2D eigenvalue weighted by Gasteiger charge is -2.16. The highest BCUT2D eigenvalue weighted by Gasteiger charge is 2.33. The molecule has 0 saturated heterocycles. The van der Waals surface area contributed by atoms with Crippen molar-refractivity contribution < 1.29 is 22.6 Å². The Morgan fingerprint density at radius 1 is 1.03 bits per heavy atom. The summed E-state index contributed by atoms with van der Waals surface area (Å²) >= 11 is 0. The van der Waals surface area contributed by atoms with Crippen molar-refractivity contribution in [2.45, 2.75) is 19.5 Å². The van der Waals surface area contributed by atoms with Gasteiger partial charge in [0.15, 0.2) is 0 Å². The maximum atomic E-state index is 13.1. The summed E-state index contributed by atoms with van der Waals surface area (Å²) in [7, 11) is 3.09. The van der Waals surface area contributed by atoms with E-state index in [0.717, 1.165) is 11.6 Å². The first kappa shape index (κ1) is 22.0. The van der Waals surface area contributed by atoms with E-state index in [1.54, 1.807) is 31.5 Å². The quantitative estimate of drug-likeness (QED) is 0.444. The Balaban J connectivity index is 1.92. The first-order valence-electron chi connectivity index (χ1n) is 9.33. The fourth-order valence-corrected chi connectivity index (χ4v) is 2.87. The lowest BCUT2D eigenvalue weighted by molar-refractivity contribution is -0.136. The van der Waals surface area contributed by atoms with Crippen molar-refractivity contribution in [3.63, 3.8) is 0 Å². The van der Waals surface area contributed by atoms with Crippen molar-refractivity contribution in [2.24, 2.45) is 0 Å². The van der Waals surface area contributed by atoms with Gasteiger partial charge >= 0.3 is 6.18 Å². The van der Waals surface area contributed by atoms with Gasteiger partial charge in [-0.25, -0.2) is 4.98 Å². The first-order chi connectivity index (χ1) is 14.7. The van der Waals surface area contributed by atoms with E-state index in [1.165, 1.54) is 19.2 Å². The van der Waals surface area contributed by atoms with Crippen LogP contribution in [0.4, 0.5) is 42.0 Å². The maximum absolute atomic E-state index is 13.1. The van der Waals surface area contributed by atoms with Crippen LogP contribution in [-0.2, 0) is 12.6 Å². The number of aromatic nitrogens is 2. The second-order valence-corrected chi connectivity index (χ2v) is 6.54. The van der Waals surface area contributed by atoms with Gasteiger partial charge in [-0.2, -0.15) is 18.2 Å². The van der Waals surface area contributed by atoms with E-state index in [-0.39, 0.29) is 17.3 Å². The highest BCUT2D eigenvalue weighted by Crippen LogP contribution is 2.36. The van der Waals surface area contributed by atoms with Gasteiger partial charge in [0.2, 0.25) is 5.95 Å². The van der Waals surface area contributed by atoms with Gasteiger partial charge in [0, 0.05) is 29.2 Å². The molecule has 0 unspecified atom stereocenters. The number of nitrogen functional groups attached to an aromatic ring is 1. The molecule has 0 radical (unpaired) electrons. The number of benzene rings is 2. The zero-order valence-electron chi connectivity index (χ0n) is 17.2. The van der Waals surface area contributed by atoms with Crippen molar-refractivity contribution >= 4 is 28.8 Å². The Morgan fingerprint density at radius 2 is 1.81 bits per heavy atom. The standard InChI is InChI=1S/C21H22F3N5O2/c1-4-12-11-26-20(27-13-5-7-16(25)15(9-13)21(22,23)24)29-19(12)28-17-8-6-14(30-2)10-18(17)31-3/h5-11H,4,25H2,1-3H3,(H2,26,27,28,29). The van der Waals surface area contributed by atoms with Crippen LogP contribution in [0.1, 0.15) is 18.1 Å². The second-order valence-electron chi connectivity index (χ2n) is 6.54. The Kier molecular flexibility index (Phi) is 6.38. The highest BCUT2D eigenvalue weighted by atomic mass is 19.4. The van der Waals surface area contributed by atoms with Crippen molar-refractivity contribution in [2.75, 3.05) is 30.6 Å². The van der Waals surface area contributed by atoms with Crippen LogP contribution in [-0.4, -0.2) is 24.2 Å². The van der Waals surface area contributed by atoms with Gasteiger partial charge in [0.1, 0.15) is 17.3 Å². The third-order valence-electron chi connectivity index (χ3n) is 4.52. The van der Waals surface area contributed by atoms with E-state index in [0.29, 0.717) is 29.4 Å². The van der Waals surface area contributed by atoms with Crippen LogP contribution in [0.5, 0.6) is 11.5 Å². The number of ether oxygens (including phenoxy) is 2. The minimum atomic E-state index is -4.56. The van der Waals surface area contributed by atoms with E-state index in [1.807, 2.05) is 6.92 Å². The van der Waals surface area contributed by atoms with E-state index in [4.69, 9.17) is 15.2 Å². The third kappa shape index (κ3) is 5.08. The van der Waals surface area contributed by atoms with Crippen LogP contribution in [0.15, 0.2) is 42.6 Å². The van der Waals surface area contributed by atoms with Crippen molar-refractivity contribution in [1.82, 2.24) is 9.97 Å². The van der Waals surface area contributed by atoms with Crippen LogP contribution >= 0.6 is 0 Å². The molecule has 164 valence electrons. The summed E-state index contributed by atoms with van der Waals surface area (Å²) in [6, 6.07) is 8.81. The normalized spacial score (nSPS) is 11.2. The molecule has 1 heterocycles. The molecule has 4 N–H and O–H groups in total. The molecule has 7 nitrogen and oxygen atoms in total. The number of rotatable bonds is 7. The fraction of sp³-hybridized carbons (Fsp3) is 0.238. The molecule has 0 atom stereocenters. The van der Waals surface area contributed by atoms with Gasteiger partial charge in [-0.3, -0.25) is 0 Å². The number of nitrogens with zero attached hydrogens (tertiary/aromatic N) is 2. The lowest BCUT2D eigenvalue weighted by atomic mass is 10.1. The van der Waals surface area contributed by atoms with E-state index in [9.17, 15) is 13.2 Å². The average Bonchev–Trinajstić information content (AvgIpc) is 2.75. The van der Waals surface area contributed by atoms with Crippen molar-refractivity contribution in [1.29, 1.82) is 0 Å². The smallest absolute Gasteiger partial charge is 0.418 e. The summed E-state index contributed by atoms with van der Waals surface area (Å²) in [5, 5.41) is 5.99. The molecule has 0 bridgehead atoms. The molecule has 0 spiro atoms. The van der Waals surface area contributed by atoms with Gasteiger partial charge in [0.25, 0.3) is 0 Å². The summed E-state index contributed by atoms with van der Waals surface area (Å²) in [6.45, 7) is 1.94. The molecular formula is C21H22F3N5O2. The highest BCUT2D eigenvalue weighted by molar-refractivity contribution is 5.69. The number of methoxy groups -OCH3 is 2. The Morgan fingerprint density at radius 3 is 2.45 bits per heavy atom. The van der Waals surface area contributed by atoms with Gasteiger partial charge in [-0.1, -0.05) is 6.92 Å². The van der Waals surface area contributed by atoms with E-state index >= 15 is 0 Å². The van der Waals surface area contributed by atoms with Gasteiger partial charge in [0.05, 0.1) is 25.5 Å². The summed E-state index contributed by atoms with van der Waals surface area (Å²) in [4.78, 5) is 8.64. The molecule has 3 rings (SSSR count). The number of nitrogens with one attached hydrogen (secondary N) is 2. The summed E-state index contributed by atoms with van der Waals surface area (Å²) in [6.07, 6.45) is -2.32. The molecule has 0 amide bonds. The number of hydrogen-bond acceptors (Lipinski definition) is 7. The lowest BCUT2D eigenvalue weighted by Crippen LogP contribution is -2.10. The number of hydrogen-bond donors (Lipinski definition) is 3. The Bertz CT molecular complexity index is 1070. The van der Waals surface area contributed by atoms with E-state index < -0.39 is 11.7 Å². The third-order valence-corrected chi connectivity index (χ3v) is 4.52. The molecule has 3 aromatic rings. The summed E-state index contributed by atoms with van der Waals surface area (Å²) in [5.41, 5.74) is 5.81. The minimum Gasteiger partial charge on any atom is -0.497 e. The van der Waals surface area contributed by atoms with Crippen molar-refractivity contribution in [3.8, 4) is 11.5 Å². The number of anilines is 5. The molecule has 0 aliphatic carbocycles. The first-order valence-corrected chi connectivity index (χ1v) is 9.33. The zero-order chi connectivity index (χ0) is 22.6. The largest absolute Gasteiger partial charge is 0.497 e. The molecule has 0 fully saturated rings. The molecule has 10 heteroatoms. The maximum Gasteiger partial charge on any atom is 0.418 e. The Hall–Kier alpha value is -3.69. The van der Waals surface area contributed by atoms with Crippen LogP contribution in [0.25, 0.3) is 0 Å².